The highest BCUT2D eigenvalue weighted by Crippen LogP contribution is 2.38. The number of alkyl halides is 3. The average molecular weight is 472 g/mol. The maximum Gasteiger partial charge on any atom is 0.416 e. The standard InChI is InChI=1S/C19H24F3N7O2S/c1-12-8-14(19(20,21)22)9-16(30)17(12)15-4-5-28(24-3)18(26-15)25-11-27-6-7-29(32(23)31)13(2)10-27/h4-5,8-9,13,30H,3,6-7,10-11,23H2,1-2H3/b25-18-/t13-,32?/m1/s1. The zero-order valence-corrected chi connectivity index (χ0v) is 18.4. The lowest BCUT2D eigenvalue weighted by Crippen LogP contribution is -2.53. The molecule has 0 saturated carbocycles. The minimum absolute atomic E-state index is 0.0273. The SMILES string of the molecule is C=Nn1ccc(-c2c(C)cc(C(F)(F)F)cc2O)n/c1=N/CN1CCN(S(N)=O)[C@H](C)C1. The molecule has 1 aliphatic rings. The molecule has 0 bridgehead atoms. The van der Waals surface area contributed by atoms with Gasteiger partial charge in [0.25, 0.3) is 0 Å². The number of nitrogens with zero attached hydrogens (tertiary/aromatic N) is 6. The molecule has 2 aromatic rings. The van der Waals surface area contributed by atoms with Gasteiger partial charge in [-0.25, -0.2) is 28.3 Å². The molecule has 1 unspecified atom stereocenters. The quantitative estimate of drug-likeness (QED) is 0.643. The normalized spacial score (nSPS) is 19.8. The molecule has 0 amide bonds. The molecule has 0 spiro atoms. The van der Waals surface area contributed by atoms with Gasteiger partial charge < -0.3 is 5.11 Å². The van der Waals surface area contributed by atoms with E-state index < -0.39 is 28.7 Å². The third-order valence-corrected chi connectivity index (χ3v) is 6.15. The smallest absolute Gasteiger partial charge is 0.416 e. The summed E-state index contributed by atoms with van der Waals surface area (Å²) in [6.45, 7) is 8.83. The van der Waals surface area contributed by atoms with E-state index in [0.717, 1.165) is 6.07 Å². The van der Waals surface area contributed by atoms with Crippen LogP contribution >= 0.6 is 0 Å². The Kier molecular flexibility index (Phi) is 7.12. The van der Waals surface area contributed by atoms with Crippen LogP contribution in [0.2, 0.25) is 0 Å². The molecule has 3 rings (SSSR count). The summed E-state index contributed by atoms with van der Waals surface area (Å²) in [6.07, 6.45) is -3.05. The van der Waals surface area contributed by atoms with E-state index >= 15 is 0 Å². The van der Waals surface area contributed by atoms with Gasteiger partial charge in [-0.05, 0) is 37.6 Å². The van der Waals surface area contributed by atoms with Crippen LogP contribution in [0.4, 0.5) is 13.2 Å². The Bertz CT molecular complexity index is 1080. The molecule has 13 heteroatoms. The molecule has 32 heavy (non-hydrogen) atoms. The van der Waals surface area contributed by atoms with Crippen LogP contribution in [0.5, 0.6) is 5.75 Å². The number of rotatable bonds is 5. The first kappa shape index (κ1) is 24.0. The fourth-order valence-corrected chi connectivity index (χ4v) is 4.29. The number of phenols is 1. The molecule has 0 aliphatic carbocycles. The summed E-state index contributed by atoms with van der Waals surface area (Å²) < 4.78 is 53.6. The molecule has 0 radical (unpaired) electrons. The van der Waals surface area contributed by atoms with E-state index in [1.54, 1.807) is 4.31 Å². The zero-order valence-electron chi connectivity index (χ0n) is 17.6. The van der Waals surface area contributed by atoms with Gasteiger partial charge in [-0.3, -0.25) is 4.90 Å². The summed E-state index contributed by atoms with van der Waals surface area (Å²) in [5.41, 5.74) is -0.109. The summed E-state index contributed by atoms with van der Waals surface area (Å²) in [6, 6.07) is 3.12. The largest absolute Gasteiger partial charge is 0.507 e. The molecule has 2 heterocycles. The Hall–Kier alpha value is -2.61. The average Bonchev–Trinajstić information content (AvgIpc) is 2.71. The first-order valence-corrected chi connectivity index (χ1v) is 10.8. The second-order valence-electron chi connectivity index (χ2n) is 7.43. The van der Waals surface area contributed by atoms with Crippen LogP contribution in [0.1, 0.15) is 18.1 Å². The van der Waals surface area contributed by atoms with Crippen molar-refractivity contribution in [2.45, 2.75) is 26.1 Å². The fraction of sp³-hybridized carbons (Fsp3) is 0.421. The van der Waals surface area contributed by atoms with Gasteiger partial charge in [0.05, 0.1) is 17.9 Å². The number of benzene rings is 1. The molecule has 2 atom stereocenters. The van der Waals surface area contributed by atoms with E-state index in [0.29, 0.717) is 25.7 Å². The van der Waals surface area contributed by atoms with Gasteiger partial charge in [0.2, 0.25) is 5.62 Å². The monoisotopic (exact) mass is 471 g/mol. The molecule has 1 aliphatic heterocycles. The van der Waals surface area contributed by atoms with Gasteiger partial charge >= 0.3 is 6.18 Å². The molecule has 9 nitrogen and oxygen atoms in total. The van der Waals surface area contributed by atoms with Crippen molar-refractivity contribution in [3.8, 4) is 17.0 Å². The number of phenolic OH excluding ortho intramolecular Hbond substituents is 1. The number of hydrogen-bond donors (Lipinski definition) is 2. The lowest BCUT2D eigenvalue weighted by Gasteiger charge is -2.36. The van der Waals surface area contributed by atoms with Crippen molar-refractivity contribution in [3.63, 3.8) is 0 Å². The van der Waals surface area contributed by atoms with Crippen LogP contribution in [0.25, 0.3) is 11.3 Å². The number of hydrogen-bond acceptors (Lipinski definition) is 6. The summed E-state index contributed by atoms with van der Waals surface area (Å²) in [4.78, 5) is 10.9. The van der Waals surface area contributed by atoms with E-state index in [2.05, 4.69) is 21.8 Å². The van der Waals surface area contributed by atoms with Gasteiger partial charge in [-0.1, -0.05) is 0 Å². The molecule has 174 valence electrons. The van der Waals surface area contributed by atoms with Gasteiger partial charge in [-0.2, -0.15) is 18.3 Å². The molecule has 1 fully saturated rings. The van der Waals surface area contributed by atoms with E-state index in [9.17, 15) is 22.5 Å². The van der Waals surface area contributed by atoms with Crippen LogP contribution < -0.4 is 10.8 Å². The van der Waals surface area contributed by atoms with Crippen molar-refractivity contribution in [1.82, 2.24) is 18.9 Å². The van der Waals surface area contributed by atoms with Gasteiger partial charge in [0.1, 0.15) is 5.75 Å². The summed E-state index contributed by atoms with van der Waals surface area (Å²) in [5.74, 6) is -0.528. The van der Waals surface area contributed by atoms with Crippen LogP contribution in [-0.4, -0.2) is 67.2 Å². The molecule has 1 aromatic carbocycles. The second kappa shape index (κ2) is 9.48. The minimum Gasteiger partial charge on any atom is -0.507 e. The minimum atomic E-state index is -4.57. The summed E-state index contributed by atoms with van der Waals surface area (Å²) in [7, 11) is 0. The van der Waals surface area contributed by atoms with Crippen molar-refractivity contribution < 1.29 is 22.5 Å². The van der Waals surface area contributed by atoms with Gasteiger partial charge in [0.15, 0.2) is 11.2 Å². The lowest BCUT2D eigenvalue weighted by atomic mass is 10.0. The Labute approximate surface area is 185 Å². The predicted octanol–water partition coefficient (Wildman–Crippen LogP) is 1.45. The topological polar surface area (TPSA) is 112 Å². The highest BCUT2D eigenvalue weighted by Gasteiger charge is 2.32. The highest BCUT2D eigenvalue weighted by molar-refractivity contribution is 7.80. The number of aryl methyl sites for hydroxylation is 1. The predicted molar refractivity (Wildman–Crippen MR) is 115 cm³/mol. The summed E-state index contributed by atoms with van der Waals surface area (Å²) >= 11 is -1.54. The van der Waals surface area contributed by atoms with Crippen molar-refractivity contribution in [2.24, 2.45) is 15.2 Å². The Morgan fingerprint density at radius 3 is 2.66 bits per heavy atom. The zero-order chi connectivity index (χ0) is 23.6. The van der Waals surface area contributed by atoms with Crippen molar-refractivity contribution in [2.75, 3.05) is 26.3 Å². The number of nitrogens with two attached hydrogens (primary N) is 1. The maximum atomic E-state index is 13.0. The third-order valence-electron chi connectivity index (χ3n) is 5.14. The maximum absolute atomic E-state index is 13.0. The van der Waals surface area contributed by atoms with E-state index in [1.807, 2.05) is 11.8 Å². The van der Waals surface area contributed by atoms with Gasteiger partial charge in [0, 0.05) is 44.2 Å². The Morgan fingerprint density at radius 1 is 1.38 bits per heavy atom. The van der Waals surface area contributed by atoms with E-state index in [4.69, 9.17) is 5.14 Å². The summed E-state index contributed by atoms with van der Waals surface area (Å²) in [5, 5.41) is 19.6. The Morgan fingerprint density at radius 2 is 2.09 bits per heavy atom. The molecular formula is C19H24F3N7O2S. The van der Waals surface area contributed by atoms with E-state index in [1.165, 1.54) is 23.9 Å². The number of aromatic hydroxyl groups is 1. The van der Waals surface area contributed by atoms with Crippen LogP contribution in [-0.2, 0) is 17.3 Å². The Balaban J connectivity index is 1.92. The highest BCUT2D eigenvalue weighted by atomic mass is 32.2. The molecular weight excluding hydrogens is 447 g/mol. The van der Waals surface area contributed by atoms with Gasteiger partial charge in [-0.15, -0.1) is 0 Å². The lowest BCUT2D eigenvalue weighted by molar-refractivity contribution is -0.137. The number of piperazine rings is 1. The second-order valence-corrected chi connectivity index (χ2v) is 8.45. The fourth-order valence-electron chi connectivity index (χ4n) is 3.60. The van der Waals surface area contributed by atoms with Crippen LogP contribution in [0.3, 0.4) is 0 Å². The number of halogens is 3. The molecule has 1 saturated heterocycles. The number of aromatic nitrogens is 2. The molecule has 3 N–H and O–H groups in total. The van der Waals surface area contributed by atoms with E-state index in [-0.39, 0.29) is 35.1 Å². The molecule has 1 aromatic heterocycles. The first-order chi connectivity index (χ1) is 15.0. The van der Waals surface area contributed by atoms with Crippen molar-refractivity contribution in [1.29, 1.82) is 0 Å². The first-order valence-electron chi connectivity index (χ1n) is 9.65. The van der Waals surface area contributed by atoms with Crippen molar-refractivity contribution >= 4 is 17.9 Å². The van der Waals surface area contributed by atoms with Crippen LogP contribution in [0.15, 0.2) is 34.5 Å². The third kappa shape index (κ3) is 5.23. The van der Waals surface area contributed by atoms with Crippen LogP contribution in [0, 0.1) is 6.92 Å². The van der Waals surface area contributed by atoms with Crippen molar-refractivity contribution in [3.05, 3.63) is 41.1 Å².